The summed E-state index contributed by atoms with van der Waals surface area (Å²) in [4.78, 5) is 41.5. The lowest BCUT2D eigenvalue weighted by Gasteiger charge is -2.38. The topological polar surface area (TPSA) is 91.6 Å². The molecular formula is C24H27N3O4. The average molecular weight is 421 g/mol. The quantitative estimate of drug-likeness (QED) is 0.766. The third-order valence-corrected chi connectivity index (χ3v) is 6.96. The maximum atomic E-state index is 13.4. The predicted octanol–water partition coefficient (Wildman–Crippen LogP) is 1.55. The SMILES string of the molecule is CCNC(=O)[C@H]1[C@H](CO)[C@H]2Cn3c(ccc(-c4ccccc4)c3=O)[C@@H]1N2C(=O)C1CC1. The molecule has 2 amide bonds. The number of amides is 2. The van der Waals surface area contributed by atoms with E-state index in [1.165, 1.54) is 0 Å². The van der Waals surface area contributed by atoms with Gasteiger partial charge in [-0.2, -0.15) is 0 Å². The van der Waals surface area contributed by atoms with Crippen LogP contribution in [-0.4, -0.2) is 45.6 Å². The molecule has 31 heavy (non-hydrogen) atoms. The monoisotopic (exact) mass is 421 g/mol. The van der Waals surface area contributed by atoms with Gasteiger partial charge in [-0.3, -0.25) is 14.4 Å². The molecule has 2 bridgehead atoms. The minimum Gasteiger partial charge on any atom is -0.396 e. The van der Waals surface area contributed by atoms with Gasteiger partial charge in [0, 0.05) is 42.8 Å². The van der Waals surface area contributed by atoms with Gasteiger partial charge in [0.05, 0.1) is 18.0 Å². The highest BCUT2D eigenvalue weighted by Crippen LogP contribution is 2.50. The molecule has 7 nitrogen and oxygen atoms in total. The van der Waals surface area contributed by atoms with E-state index in [0.717, 1.165) is 18.4 Å². The van der Waals surface area contributed by atoms with Crippen LogP contribution in [0.5, 0.6) is 0 Å². The molecule has 3 aliphatic rings. The number of aliphatic hydroxyl groups is 1. The van der Waals surface area contributed by atoms with E-state index in [0.29, 0.717) is 24.3 Å². The lowest BCUT2D eigenvalue weighted by molar-refractivity contribution is -0.138. The predicted molar refractivity (Wildman–Crippen MR) is 115 cm³/mol. The van der Waals surface area contributed by atoms with Gasteiger partial charge in [-0.25, -0.2) is 0 Å². The molecule has 2 aromatic rings. The van der Waals surface area contributed by atoms with Crippen molar-refractivity contribution in [2.45, 2.75) is 38.4 Å². The van der Waals surface area contributed by atoms with Crippen LogP contribution in [0.3, 0.4) is 0 Å². The number of benzene rings is 1. The number of carbonyl (C=O) groups excluding carboxylic acids is 2. The summed E-state index contributed by atoms with van der Waals surface area (Å²) in [6.07, 6.45) is 1.73. The van der Waals surface area contributed by atoms with Crippen LogP contribution in [0, 0.1) is 17.8 Å². The van der Waals surface area contributed by atoms with Crippen LogP contribution in [0.25, 0.3) is 11.1 Å². The fraction of sp³-hybridized carbons (Fsp3) is 0.458. The molecular weight excluding hydrogens is 394 g/mol. The summed E-state index contributed by atoms with van der Waals surface area (Å²) in [5.41, 5.74) is 2.00. The normalized spacial score (nSPS) is 26.5. The molecule has 1 saturated carbocycles. The standard InChI is InChI=1S/C24H27N3O4/c1-2-25-22(29)20-17(13-28)19-12-26-18(21(20)27(19)23(30)15-8-9-15)11-10-16(24(26)31)14-6-4-3-5-7-14/h3-7,10-11,15,17,19-21,28H,2,8-9,12-13H2,1H3,(H,25,29)/t17-,19-,20+,21+/m1/s1. The largest absolute Gasteiger partial charge is 0.396 e. The molecule has 4 atom stereocenters. The van der Waals surface area contributed by atoms with Crippen molar-refractivity contribution >= 4 is 11.8 Å². The minimum absolute atomic E-state index is 0.000747. The summed E-state index contributed by atoms with van der Waals surface area (Å²) in [6, 6.07) is 12.3. The van der Waals surface area contributed by atoms with Crippen LogP contribution in [0.15, 0.2) is 47.3 Å². The Morgan fingerprint density at radius 2 is 1.87 bits per heavy atom. The summed E-state index contributed by atoms with van der Waals surface area (Å²) in [7, 11) is 0. The molecule has 2 fully saturated rings. The maximum absolute atomic E-state index is 13.4. The zero-order valence-corrected chi connectivity index (χ0v) is 17.5. The molecule has 7 heteroatoms. The van der Waals surface area contributed by atoms with Crippen LogP contribution in [0.4, 0.5) is 0 Å². The fourth-order valence-electron chi connectivity index (χ4n) is 5.38. The second-order valence-corrected chi connectivity index (χ2v) is 8.75. The average Bonchev–Trinajstić information content (AvgIpc) is 3.59. The van der Waals surface area contributed by atoms with E-state index in [1.54, 1.807) is 10.6 Å². The Kier molecular flexibility index (Phi) is 4.93. The first kappa shape index (κ1) is 20.0. The number of fused-ring (bicyclic) bond motifs is 4. The van der Waals surface area contributed by atoms with Crippen LogP contribution >= 0.6 is 0 Å². The van der Waals surface area contributed by atoms with Gasteiger partial charge in [0.1, 0.15) is 0 Å². The Bertz CT molecular complexity index is 1080. The zero-order valence-electron chi connectivity index (χ0n) is 17.5. The second kappa shape index (κ2) is 7.64. The number of nitrogens with zero attached hydrogens (tertiary/aromatic N) is 2. The smallest absolute Gasteiger partial charge is 0.258 e. The van der Waals surface area contributed by atoms with E-state index >= 15 is 0 Å². The summed E-state index contributed by atoms with van der Waals surface area (Å²) in [5, 5.41) is 13.1. The number of hydrogen-bond acceptors (Lipinski definition) is 4. The molecule has 1 aliphatic carbocycles. The van der Waals surface area contributed by atoms with E-state index < -0.39 is 17.9 Å². The summed E-state index contributed by atoms with van der Waals surface area (Å²) in [5.74, 6) is -1.10. The lowest BCUT2D eigenvalue weighted by atomic mass is 9.86. The fourth-order valence-corrected chi connectivity index (χ4v) is 5.38. The first-order valence-electron chi connectivity index (χ1n) is 11.1. The van der Waals surface area contributed by atoms with Crippen molar-refractivity contribution in [2.75, 3.05) is 13.2 Å². The number of aromatic nitrogens is 1. The van der Waals surface area contributed by atoms with Gasteiger partial charge in [-0.05, 0) is 37.5 Å². The number of carbonyl (C=O) groups is 2. The van der Waals surface area contributed by atoms with Crippen molar-refractivity contribution in [1.82, 2.24) is 14.8 Å². The third kappa shape index (κ3) is 3.10. The van der Waals surface area contributed by atoms with E-state index in [9.17, 15) is 19.5 Å². The van der Waals surface area contributed by atoms with E-state index in [4.69, 9.17) is 0 Å². The number of nitrogens with one attached hydrogen (secondary N) is 1. The van der Waals surface area contributed by atoms with Crippen molar-refractivity contribution in [3.63, 3.8) is 0 Å². The summed E-state index contributed by atoms with van der Waals surface area (Å²) in [6.45, 7) is 2.42. The Balaban J connectivity index is 1.65. The molecule has 0 unspecified atom stereocenters. The second-order valence-electron chi connectivity index (χ2n) is 8.75. The lowest BCUT2D eigenvalue weighted by Crippen LogP contribution is -2.49. The number of pyridine rings is 1. The Morgan fingerprint density at radius 1 is 1.13 bits per heavy atom. The van der Waals surface area contributed by atoms with Crippen molar-refractivity contribution in [2.24, 2.45) is 17.8 Å². The Labute approximate surface area is 180 Å². The molecule has 2 N–H and O–H groups in total. The molecule has 1 saturated heterocycles. The molecule has 162 valence electrons. The van der Waals surface area contributed by atoms with E-state index in [2.05, 4.69) is 5.32 Å². The van der Waals surface area contributed by atoms with Crippen molar-refractivity contribution < 1.29 is 14.7 Å². The first-order valence-corrected chi connectivity index (χ1v) is 11.1. The molecule has 0 radical (unpaired) electrons. The van der Waals surface area contributed by atoms with Gasteiger partial charge in [0.25, 0.3) is 5.56 Å². The van der Waals surface area contributed by atoms with Gasteiger partial charge >= 0.3 is 0 Å². The Morgan fingerprint density at radius 3 is 2.52 bits per heavy atom. The van der Waals surface area contributed by atoms with Crippen molar-refractivity contribution in [3.8, 4) is 11.1 Å². The molecule has 3 heterocycles. The van der Waals surface area contributed by atoms with Gasteiger partial charge < -0.3 is 19.9 Å². The number of rotatable bonds is 5. The molecule has 1 aromatic heterocycles. The van der Waals surface area contributed by atoms with Crippen LogP contribution < -0.4 is 10.9 Å². The zero-order chi connectivity index (χ0) is 21.7. The number of aliphatic hydroxyl groups excluding tert-OH is 1. The highest BCUT2D eigenvalue weighted by atomic mass is 16.3. The molecule has 0 spiro atoms. The summed E-state index contributed by atoms with van der Waals surface area (Å²) < 4.78 is 1.72. The Hall–Kier alpha value is -2.93. The highest BCUT2D eigenvalue weighted by molar-refractivity contribution is 5.86. The molecule has 5 rings (SSSR count). The van der Waals surface area contributed by atoms with Gasteiger partial charge in [-0.1, -0.05) is 30.3 Å². The van der Waals surface area contributed by atoms with Crippen LogP contribution in [0.2, 0.25) is 0 Å². The van der Waals surface area contributed by atoms with Gasteiger partial charge in [-0.15, -0.1) is 0 Å². The van der Waals surface area contributed by atoms with Gasteiger partial charge in [0.15, 0.2) is 0 Å². The van der Waals surface area contributed by atoms with E-state index in [1.807, 2.05) is 48.2 Å². The van der Waals surface area contributed by atoms with Crippen LogP contribution in [-0.2, 0) is 16.1 Å². The highest BCUT2D eigenvalue weighted by Gasteiger charge is 2.58. The van der Waals surface area contributed by atoms with E-state index in [-0.39, 0.29) is 35.9 Å². The molecule has 1 aromatic carbocycles. The number of hydrogen-bond donors (Lipinski definition) is 2. The maximum Gasteiger partial charge on any atom is 0.258 e. The third-order valence-electron chi connectivity index (χ3n) is 6.96. The molecule has 2 aliphatic heterocycles. The minimum atomic E-state index is -0.576. The first-order chi connectivity index (χ1) is 15.1. The summed E-state index contributed by atoms with van der Waals surface area (Å²) >= 11 is 0. The van der Waals surface area contributed by atoms with Crippen molar-refractivity contribution in [3.05, 3.63) is 58.5 Å². The van der Waals surface area contributed by atoms with Crippen molar-refractivity contribution in [1.29, 1.82) is 0 Å². The van der Waals surface area contributed by atoms with Gasteiger partial charge in [0.2, 0.25) is 11.8 Å². The van der Waals surface area contributed by atoms with Crippen LogP contribution in [0.1, 0.15) is 31.5 Å².